The first-order chi connectivity index (χ1) is 10.3. The molecule has 7 heteroatoms. The highest BCUT2D eigenvalue weighted by molar-refractivity contribution is 7.92. The third-order valence-corrected chi connectivity index (χ3v) is 4.25. The molecule has 0 spiro atoms. The van der Waals surface area contributed by atoms with Crippen molar-refractivity contribution in [1.82, 2.24) is 0 Å². The number of ether oxygens (including phenoxy) is 1. The summed E-state index contributed by atoms with van der Waals surface area (Å²) in [6.07, 6.45) is 0. The summed E-state index contributed by atoms with van der Waals surface area (Å²) in [5, 5.41) is 0. The molecular weight excluding hydrogens is 312 g/mol. The van der Waals surface area contributed by atoms with Crippen LogP contribution in [0.4, 0.5) is 14.5 Å². The summed E-state index contributed by atoms with van der Waals surface area (Å²) in [6, 6.07) is 7.62. The molecule has 2 aromatic carbocycles. The molecule has 4 nitrogen and oxygen atoms in total. The van der Waals surface area contributed by atoms with Crippen molar-refractivity contribution in [2.45, 2.75) is 13.8 Å². The van der Waals surface area contributed by atoms with Crippen molar-refractivity contribution in [2.24, 2.45) is 0 Å². The second-order valence-electron chi connectivity index (χ2n) is 4.66. The summed E-state index contributed by atoms with van der Waals surface area (Å²) in [6.45, 7) is 3.23. The first-order valence-electron chi connectivity index (χ1n) is 6.55. The molecule has 118 valence electrons. The maximum Gasteiger partial charge on any atom is 0.232 e. The van der Waals surface area contributed by atoms with Gasteiger partial charge in [-0.15, -0.1) is 0 Å². The molecule has 0 aliphatic carbocycles. The Hall–Kier alpha value is -2.15. The van der Waals surface area contributed by atoms with Gasteiger partial charge in [-0.1, -0.05) is 0 Å². The molecule has 0 aliphatic rings. The van der Waals surface area contributed by atoms with Gasteiger partial charge in [-0.2, -0.15) is 0 Å². The third-order valence-electron chi connectivity index (χ3n) is 2.94. The summed E-state index contributed by atoms with van der Waals surface area (Å²) in [4.78, 5) is 0. The van der Waals surface area contributed by atoms with Gasteiger partial charge in [0.1, 0.15) is 11.6 Å². The number of rotatable bonds is 5. The fourth-order valence-corrected chi connectivity index (χ4v) is 2.39. The van der Waals surface area contributed by atoms with Crippen LogP contribution in [0, 0.1) is 18.6 Å². The smallest absolute Gasteiger partial charge is 0.232 e. The Morgan fingerprint density at radius 2 is 1.77 bits per heavy atom. The minimum Gasteiger partial charge on any atom is -0.454 e. The van der Waals surface area contributed by atoms with Crippen LogP contribution in [0.3, 0.4) is 0 Å². The van der Waals surface area contributed by atoms with Crippen molar-refractivity contribution in [3.05, 3.63) is 53.6 Å². The van der Waals surface area contributed by atoms with Crippen molar-refractivity contribution in [2.75, 3.05) is 10.5 Å². The van der Waals surface area contributed by atoms with E-state index in [4.69, 9.17) is 4.74 Å². The average molecular weight is 327 g/mol. The normalized spacial score (nSPS) is 11.3. The number of hydrogen-bond acceptors (Lipinski definition) is 3. The molecule has 0 unspecified atom stereocenters. The molecule has 0 radical (unpaired) electrons. The van der Waals surface area contributed by atoms with Crippen LogP contribution in [-0.4, -0.2) is 14.2 Å². The van der Waals surface area contributed by atoms with Gasteiger partial charge in [0.2, 0.25) is 10.0 Å². The molecule has 0 heterocycles. The van der Waals surface area contributed by atoms with E-state index in [1.807, 2.05) is 0 Å². The fraction of sp³-hybridized carbons (Fsp3) is 0.200. The van der Waals surface area contributed by atoms with E-state index in [1.165, 1.54) is 25.1 Å². The van der Waals surface area contributed by atoms with E-state index in [0.717, 1.165) is 12.1 Å². The van der Waals surface area contributed by atoms with Gasteiger partial charge in [-0.05, 0) is 49.7 Å². The zero-order valence-electron chi connectivity index (χ0n) is 12.1. The lowest BCUT2D eigenvalue weighted by Crippen LogP contribution is -2.14. The average Bonchev–Trinajstić information content (AvgIpc) is 2.44. The van der Waals surface area contributed by atoms with Gasteiger partial charge in [0.05, 0.1) is 5.75 Å². The fourth-order valence-electron chi connectivity index (χ4n) is 1.76. The van der Waals surface area contributed by atoms with Gasteiger partial charge in [0.15, 0.2) is 11.6 Å². The van der Waals surface area contributed by atoms with Gasteiger partial charge in [0, 0.05) is 11.8 Å². The Morgan fingerprint density at radius 3 is 2.36 bits per heavy atom. The first-order valence-corrected chi connectivity index (χ1v) is 8.20. The number of benzene rings is 2. The quantitative estimate of drug-likeness (QED) is 0.908. The van der Waals surface area contributed by atoms with E-state index >= 15 is 0 Å². The Bertz CT molecular complexity index is 791. The molecule has 0 bridgehead atoms. The van der Waals surface area contributed by atoms with Gasteiger partial charge in [0.25, 0.3) is 0 Å². The molecule has 0 amide bonds. The number of anilines is 1. The first kappa shape index (κ1) is 16.2. The second-order valence-corrected chi connectivity index (χ2v) is 6.67. The molecule has 0 aliphatic heterocycles. The van der Waals surface area contributed by atoms with E-state index in [2.05, 4.69) is 4.72 Å². The maximum absolute atomic E-state index is 13.6. The van der Waals surface area contributed by atoms with Crippen molar-refractivity contribution in [3.63, 3.8) is 0 Å². The van der Waals surface area contributed by atoms with Crippen LogP contribution in [0.15, 0.2) is 36.4 Å². The Labute approximate surface area is 127 Å². The zero-order chi connectivity index (χ0) is 16.3. The number of nitrogens with one attached hydrogen (secondary N) is 1. The van der Waals surface area contributed by atoms with Crippen molar-refractivity contribution in [3.8, 4) is 11.5 Å². The summed E-state index contributed by atoms with van der Waals surface area (Å²) in [7, 11) is -3.37. The van der Waals surface area contributed by atoms with Crippen LogP contribution < -0.4 is 9.46 Å². The van der Waals surface area contributed by atoms with Crippen LogP contribution in [-0.2, 0) is 10.0 Å². The molecule has 2 rings (SSSR count). The molecular formula is C15H15F2NO3S. The van der Waals surface area contributed by atoms with Gasteiger partial charge in [-0.25, -0.2) is 17.2 Å². The van der Waals surface area contributed by atoms with Gasteiger partial charge in [-0.3, -0.25) is 4.72 Å². The molecule has 0 atom stereocenters. The highest BCUT2D eigenvalue weighted by atomic mass is 32.2. The topological polar surface area (TPSA) is 55.4 Å². The highest BCUT2D eigenvalue weighted by Crippen LogP contribution is 2.29. The van der Waals surface area contributed by atoms with E-state index in [9.17, 15) is 17.2 Å². The van der Waals surface area contributed by atoms with E-state index in [1.54, 1.807) is 13.0 Å². The number of sulfonamides is 1. The molecule has 0 saturated heterocycles. The van der Waals surface area contributed by atoms with Crippen LogP contribution in [0.5, 0.6) is 11.5 Å². The lowest BCUT2D eigenvalue weighted by atomic mass is 10.2. The van der Waals surface area contributed by atoms with Crippen molar-refractivity contribution < 1.29 is 21.9 Å². The highest BCUT2D eigenvalue weighted by Gasteiger charge is 2.11. The molecule has 2 aromatic rings. The van der Waals surface area contributed by atoms with E-state index in [0.29, 0.717) is 17.0 Å². The van der Waals surface area contributed by atoms with Crippen molar-refractivity contribution >= 4 is 15.7 Å². The summed E-state index contributed by atoms with van der Waals surface area (Å²) in [5.41, 5.74) is 1.01. The minimum absolute atomic E-state index is 0.0366. The molecule has 0 fully saturated rings. The zero-order valence-corrected chi connectivity index (χ0v) is 12.9. The Balaban J connectivity index is 2.23. The SMILES string of the molecule is CCS(=O)(=O)Nc1ccc(Oc2ccc(F)cc2F)c(C)c1. The summed E-state index contributed by atoms with van der Waals surface area (Å²) < 4.78 is 57.2. The lowest BCUT2D eigenvalue weighted by molar-refractivity contribution is 0.435. The summed E-state index contributed by atoms with van der Waals surface area (Å²) in [5.74, 6) is -1.29. The minimum atomic E-state index is -3.37. The predicted octanol–water partition coefficient (Wildman–Crippen LogP) is 3.83. The standard InChI is InChI=1S/C15H15F2NO3S/c1-3-22(19,20)18-12-5-7-14(10(2)8-12)21-15-6-4-11(16)9-13(15)17/h4-9,18H,3H2,1-2H3. The summed E-state index contributed by atoms with van der Waals surface area (Å²) >= 11 is 0. The molecule has 0 aromatic heterocycles. The van der Waals surface area contributed by atoms with Gasteiger partial charge >= 0.3 is 0 Å². The predicted molar refractivity (Wildman–Crippen MR) is 80.7 cm³/mol. The van der Waals surface area contributed by atoms with Crippen molar-refractivity contribution in [1.29, 1.82) is 0 Å². The number of hydrogen-bond donors (Lipinski definition) is 1. The lowest BCUT2D eigenvalue weighted by Gasteiger charge is -2.12. The Morgan fingerprint density at radius 1 is 1.09 bits per heavy atom. The number of halogens is 2. The van der Waals surface area contributed by atoms with E-state index in [-0.39, 0.29) is 11.5 Å². The second kappa shape index (κ2) is 6.31. The van der Waals surface area contributed by atoms with Crippen LogP contribution in [0.25, 0.3) is 0 Å². The molecule has 1 N–H and O–H groups in total. The van der Waals surface area contributed by atoms with Crippen LogP contribution in [0.2, 0.25) is 0 Å². The van der Waals surface area contributed by atoms with Crippen LogP contribution in [0.1, 0.15) is 12.5 Å². The monoisotopic (exact) mass is 327 g/mol. The maximum atomic E-state index is 13.6. The molecule has 0 saturated carbocycles. The van der Waals surface area contributed by atoms with Gasteiger partial charge < -0.3 is 4.74 Å². The van der Waals surface area contributed by atoms with Crippen LogP contribution >= 0.6 is 0 Å². The number of aryl methyl sites for hydroxylation is 1. The third kappa shape index (κ3) is 3.94. The largest absolute Gasteiger partial charge is 0.454 e. The molecule has 22 heavy (non-hydrogen) atoms. The van der Waals surface area contributed by atoms with E-state index < -0.39 is 21.7 Å². The Kier molecular flexibility index (Phi) is 4.65.